The molecule has 0 amide bonds. The van der Waals surface area contributed by atoms with Gasteiger partial charge >= 0.3 is 0 Å². The number of nitrogens with zero attached hydrogens (tertiary/aromatic N) is 1. The summed E-state index contributed by atoms with van der Waals surface area (Å²) in [5.74, 6) is 0. The van der Waals surface area contributed by atoms with Gasteiger partial charge in [-0.3, -0.25) is 0 Å². The van der Waals surface area contributed by atoms with E-state index < -0.39 is 17.0 Å². The van der Waals surface area contributed by atoms with Gasteiger partial charge in [-0.1, -0.05) is 38.7 Å². The van der Waals surface area contributed by atoms with E-state index in [0.29, 0.717) is 0 Å². The summed E-state index contributed by atoms with van der Waals surface area (Å²) in [5, 5.41) is 0. The van der Waals surface area contributed by atoms with Crippen LogP contribution in [0, 0.1) is 0 Å². The summed E-state index contributed by atoms with van der Waals surface area (Å²) < 4.78 is 2.78. The minimum absolute atomic E-state index is 0.426. The van der Waals surface area contributed by atoms with E-state index in [1.54, 1.807) is 17.8 Å². The maximum absolute atomic E-state index is 2.78. The Labute approximate surface area is 79.9 Å². The lowest BCUT2D eigenvalue weighted by Crippen LogP contribution is -2.38. The van der Waals surface area contributed by atoms with E-state index in [9.17, 15) is 0 Å². The lowest BCUT2D eigenvalue weighted by Gasteiger charge is -2.25. The van der Waals surface area contributed by atoms with E-state index in [1.165, 1.54) is 13.1 Å². The van der Waals surface area contributed by atoms with E-state index in [0.717, 1.165) is 0 Å². The summed E-state index contributed by atoms with van der Waals surface area (Å²) in [7, 11) is -1.10. The molecule has 1 heterocycles. The summed E-state index contributed by atoms with van der Waals surface area (Å²) in [6, 6.07) is 3.22. The highest BCUT2D eigenvalue weighted by atomic mass is 28.4. The maximum Gasteiger partial charge on any atom is 0.109 e. The first-order valence-corrected chi connectivity index (χ1v) is 10.9. The molecule has 1 nitrogen and oxygen atoms in total. The minimum Gasteiger partial charge on any atom is -0.327 e. The van der Waals surface area contributed by atoms with Crippen LogP contribution >= 0.6 is 0 Å². The van der Waals surface area contributed by atoms with Gasteiger partial charge in [0.2, 0.25) is 0 Å². The molecular formula is C9H23NSi2. The van der Waals surface area contributed by atoms with Crippen molar-refractivity contribution in [1.29, 1.82) is 0 Å². The average molecular weight is 201 g/mol. The zero-order valence-electron chi connectivity index (χ0n) is 9.06. The van der Waals surface area contributed by atoms with Gasteiger partial charge in [0.05, 0.1) is 0 Å². The Morgan fingerprint density at radius 2 is 1.83 bits per heavy atom. The third-order valence-electron chi connectivity index (χ3n) is 3.27. The van der Waals surface area contributed by atoms with Crippen LogP contribution in [0.2, 0.25) is 30.8 Å². The Balaban J connectivity index is 2.45. The van der Waals surface area contributed by atoms with Gasteiger partial charge in [-0.2, -0.15) is 0 Å². The normalized spacial score (nSPS) is 28.2. The fourth-order valence-electron chi connectivity index (χ4n) is 2.45. The Morgan fingerprint density at radius 1 is 1.25 bits per heavy atom. The zero-order chi connectivity index (χ0) is 9.19. The topological polar surface area (TPSA) is 3.24 Å². The Kier molecular flexibility index (Phi) is 3.55. The molecule has 0 aromatic heterocycles. The van der Waals surface area contributed by atoms with Crippen molar-refractivity contribution < 1.29 is 0 Å². The second-order valence-electron chi connectivity index (χ2n) is 4.78. The first-order chi connectivity index (χ1) is 5.59. The molecule has 0 aliphatic carbocycles. The molecule has 0 bridgehead atoms. The van der Waals surface area contributed by atoms with Crippen LogP contribution in [0.5, 0.6) is 0 Å². The predicted octanol–water partition coefficient (Wildman–Crippen LogP) is 2.31. The molecule has 12 heavy (non-hydrogen) atoms. The third kappa shape index (κ3) is 2.44. The van der Waals surface area contributed by atoms with Crippen molar-refractivity contribution in [2.75, 3.05) is 13.1 Å². The van der Waals surface area contributed by atoms with Crippen molar-refractivity contribution >= 4 is 17.0 Å². The maximum atomic E-state index is 2.78. The standard InChI is InChI=1S/C9H23NSi2/c1-5-10(6-2)11-7-8-12(3,4)9-11/h11H,5-9H2,1-4H3. The molecule has 1 rings (SSSR count). The summed E-state index contributed by atoms with van der Waals surface area (Å²) in [6.07, 6.45) is 0. The summed E-state index contributed by atoms with van der Waals surface area (Å²) in [6.45, 7) is 12.4. The van der Waals surface area contributed by atoms with Crippen molar-refractivity contribution in [2.45, 2.75) is 44.7 Å². The number of rotatable bonds is 3. The number of hydrogen-bond donors (Lipinski definition) is 0. The quantitative estimate of drug-likeness (QED) is 0.634. The second kappa shape index (κ2) is 4.07. The molecule has 3 heteroatoms. The molecule has 1 saturated heterocycles. The molecule has 1 atom stereocenters. The van der Waals surface area contributed by atoms with Crippen molar-refractivity contribution in [3.63, 3.8) is 0 Å². The number of hydrogen-bond acceptors (Lipinski definition) is 1. The van der Waals surface area contributed by atoms with Gasteiger partial charge in [0.1, 0.15) is 8.96 Å². The lowest BCUT2D eigenvalue weighted by atomic mass is 10.7. The first-order valence-electron chi connectivity index (χ1n) is 5.33. The molecule has 1 aliphatic rings. The van der Waals surface area contributed by atoms with E-state index in [1.807, 2.05) is 0 Å². The van der Waals surface area contributed by atoms with Crippen molar-refractivity contribution in [3.8, 4) is 0 Å². The predicted molar refractivity (Wildman–Crippen MR) is 62.0 cm³/mol. The molecule has 72 valence electrons. The van der Waals surface area contributed by atoms with Gasteiger partial charge in [0, 0.05) is 8.07 Å². The van der Waals surface area contributed by atoms with Crippen LogP contribution in [-0.2, 0) is 0 Å². The first kappa shape index (κ1) is 10.5. The average Bonchev–Trinajstić information content (AvgIpc) is 2.34. The Bertz CT molecular complexity index is 143. The molecule has 1 fully saturated rings. The van der Waals surface area contributed by atoms with Crippen LogP contribution < -0.4 is 0 Å². The molecule has 0 aromatic carbocycles. The van der Waals surface area contributed by atoms with E-state index >= 15 is 0 Å². The van der Waals surface area contributed by atoms with Gasteiger partial charge in [0.15, 0.2) is 0 Å². The van der Waals surface area contributed by atoms with Crippen LogP contribution in [-0.4, -0.2) is 34.7 Å². The molecule has 1 unspecified atom stereocenters. The fraction of sp³-hybridized carbons (Fsp3) is 1.00. The monoisotopic (exact) mass is 201 g/mol. The lowest BCUT2D eigenvalue weighted by molar-refractivity contribution is 0.480. The second-order valence-corrected chi connectivity index (χ2v) is 13.9. The van der Waals surface area contributed by atoms with Crippen LogP contribution in [0.3, 0.4) is 0 Å². The minimum atomic E-state index is -0.678. The van der Waals surface area contributed by atoms with Gasteiger partial charge < -0.3 is 4.57 Å². The summed E-state index contributed by atoms with van der Waals surface area (Å²) in [4.78, 5) is 0. The van der Waals surface area contributed by atoms with Gasteiger partial charge in [-0.25, -0.2) is 0 Å². The van der Waals surface area contributed by atoms with Crippen molar-refractivity contribution in [2.24, 2.45) is 0 Å². The fourth-order valence-corrected chi connectivity index (χ4v) is 16.1. The molecule has 1 aliphatic heterocycles. The molecular weight excluding hydrogens is 178 g/mol. The van der Waals surface area contributed by atoms with Crippen molar-refractivity contribution in [3.05, 3.63) is 0 Å². The molecule has 0 aromatic rings. The molecule has 0 radical (unpaired) electrons. The van der Waals surface area contributed by atoms with Crippen LogP contribution in [0.1, 0.15) is 13.8 Å². The third-order valence-corrected chi connectivity index (χ3v) is 14.5. The Hall–Kier alpha value is 0.394. The summed E-state index contributed by atoms with van der Waals surface area (Å²) >= 11 is 0. The van der Waals surface area contributed by atoms with E-state index in [-0.39, 0.29) is 0 Å². The zero-order valence-corrected chi connectivity index (χ0v) is 11.2. The SMILES string of the molecule is CCN(CC)[SiH]1CC[Si](C)(C)C1. The largest absolute Gasteiger partial charge is 0.327 e. The van der Waals surface area contributed by atoms with E-state index in [2.05, 4.69) is 31.5 Å². The van der Waals surface area contributed by atoms with Crippen LogP contribution in [0.15, 0.2) is 0 Å². The smallest absolute Gasteiger partial charge is 0.109 e. The van der Waals surface area contributed by atoms with Gasteiger partial charge in [-0.05, 0) is 19.1 Å². The van der Waals surface area contributed by atoms with Gasteiger partial charge in [0.25, 0.3) is 0 Å². The van der Waals surface area contributed by atoms with Crippen molar-refractivity contribution in [1.82, 2.24) is 4.57 Å². The van der Waals surface area contributed by atoms with Crippen LogP contribution in [0.4, 0.5) is 0 Å². The summed E-state index contributed by atoms with van der Waals surface area (Å²) in [5.41, 5.74) is 1.68. The Morgan fingerprint density at radius 3 is 2.17 bits per heavy atom. The van der Waals surface area contributed by atoms with Gasteiger partial charge in [-0.15, -0.1) is 0 Å². The van der Waals surface area contributed by atoms with E-state index in [4.69, 9.17) is 0 Å². The highest BCUT2D eigenvalue weighted by molar-refractivity contribution is 6.91. The highest BCUT2D eigenvalue weighted by Gasteiger charge is 2.35. The highest BCUT2D eigenvalue weighted by Crippen LogP contribution is 2.31. The molecule has 0 saturated carbocycles. The molecule has 0 spiro atoms. The van der Waals surface area contributed by atoms with Crippen LogP contribution in [0.25, 0.3) is 0 Å². The molecule has 0 N–H and O–H groups in total.